The molecule has 0 unspecified atom stereocenters. The summed E-state index contributed by atoms with van der Waals surface area (Å²) < 4.78 is 93.5. The summed E-state index contributed by atoms with van der Waals surface area (Å²) in [5.74, 6) is -3.99. The van der Waals surface area contributed by atoms with E-state index in [0.29, 0.717) is 28.1 Å². The Morgan fingerprint density at radius 3 is 2.20 bits per heavy atom. The van der Waals surface area contributed by atoms with Crippen LogP contribution in [-0.2, 0) is 17.5 Å². The number of ether oxygens (including phenoxy) is 1. The summed E-state index contributed by atoms with van der Waals surface area (Å²) in [6.45, 7) is 4.89. The fourth-order valence-electron chi connectivity index (χ4n) is 5.08. The maximum Gasteiger partial charge on any atom is 0.416 e. The molecule has 3 aromatic carbocycles. The van der Waals surface area contributed by atoms with Crippen molar-refractivity contribution in [1.29, 1.82) is 0 Å². The number of carbonyl (C=O) groups excluding carboxylic acids is 2. The number of furan rings is 1. The third kappa shape index (κ3) is 7.61. The van der Waals surface area contributed by atoms with Crippen molar-refractivity contribution in [2.24, 2.45) is 0 Å². The van der Waals surface area contributed by atoms with Gasteiger partial charge in [-0.1, -0.05) is 12.1 Å². The van der Waals surface area contributed by atoms with Gasteiger partial charge < -0.3 is 19.4 Å². The van der Waals surface area contributed by atoms with Crippen molar-refractivity contribution in [3.05, 3.63) is 83.4 Å². The van der Waals surface area contributed by atoms with Gasteiger partial charge in [-0.25, -0.2) is 18.0 Å². The summed E-state index contributed by atoms with van der Waals surface area (Å²) in [6.07, 6.45) is -6.31. The van der Waals surface area contributed by atoms with E-state index < -0.39 is 48.0 Å². The normalized spacial score (nSPS) is 15.3. The number of nitrogens with one attached hydrogen (secondary N) is 1. The number of piperidine rings is 1. The lowest BCUT2D eigenvalue weighted by atomic mass is 9.95. The highest BCUT2D eigenvalue weighted by Crippen LogP contribution is 2.39. The van der Waals surface area contributed by atoms with Gasteiger partial charge in [-0.3, -0.25) is 4.79 Å². The number of rotatable bonds is 5. The second-order valence-electron chi connectivity index (χ2n) is 12.0. The van der Waals surface area contributed by atoms with E-state index in [-0.39, 0.29) is 48.0 Å². The lowest BCUT2D eigenvalue weighted by Crippen LogP contribution is -2.42. The van der Waals surface area contributed by atoms with Crippen LogP contribution in [0.2, 0.25) is 0 Å². The smallest absolute Gasteiger partial charge is 0.416 e. The van der Waals surface area contributed by atoms with Crippen molar-refractivity contribution in [1.82, 2.24) is 10.2 Å². The topological polar surface area (TPSA) is 71.8 Å². The number of benzene rings is 3. The number of fused-ring (bicyclic) bond motifs is 1. The molecule has 0 bridgehead atoms. The molecule has 1 aliphatic heterocycles. The van der Waals surface area contributed by atoms with E-state index in [1.807, 2.05) is 0 Å². The molecule has 0 atom stereocenters. The number of halogens is 6. The van der Waals surface area contributed by atoms with Gasteiger partial charge >= 0.3 is 12.3 Å². The maximum absolute atomic E-state index is 14.5. The van der Waals surface area contributed by atoms with E-state index in [1.54, 1.807) is 63.2 Å². The summed E-state index contributed by atoms with van der Waals surface area (Å²) in [4.78, 5) is 26.4. The zero-order valence-corrected chi connectivity index (χ0v) is 24.7. The van der Waals surface area contributed by atoms with Crippen molar-refractivity contribution in [3.8, 4) is 22.3 Å². The highest BCUT2D eigenvalue weighted by atomic mass is 19.4. The Kier molecular flexibility index (Phi) is 8.37. The first-order chi connectivity index (χ1) is 21.0. The molecule has 45 heavy (non-hydrogen) atoms. The standard InChI is InChI=1S/C33H30F6N2O4/c1-31(2,3)45-30(43)40-18-26-15-23-12-21(16-27(28(23)44-26)22-13-24(33(37,38)39)17-25(34)14-22)19-4-6-20(7-5-19)29(42)41-10-8-32(35,36)9-11-41/h4-7,12-17H,8-11,18H2,1-3H3,(H,40,43). The van der Waals surface area contributed by atoms with Crippen molar-refractivity contribution in [2.45, 2.75) is 57.9 Å². The lowest BCUT2D eigenvalue weighted by Gasteiger charge is -2.31. The molecular formula is C33H30F6N2O4. The zero-order valence-electron chi connectivity index (χ0n) is 24.7. The summed E-state index contributed by atoms with van der Waals surface area (Å²) in [7, 11) is 0. The summed E-state index contributed by atoms with van der Waals surface area (Å²) in [6, 6.07) is 13.4. The SMILES string of the molecule is CC(C)(C)OC(=O)NCc1cc2cc(-c3ccc(C(=O)N4CCC(F)(F)CC4)cc3)cc(-c3cc(F)cc(C(F)(F)F)c3)c2o1. The highest BCUT2D eigenvalue weighted by Gasteiger charge is 2.36. The van der Waals surface area contributed by atoms with Gasteiger partial charge in [-0.2, -0.15) is 13.2 Å². The minimum absolute atomic E-state index is 0.0627. The summed E-state index contributed by atoms with van der Waals surface area (Å²) >= 11 is 0. The van der Waals surface area contributed by atoms with Crippen LogP contribution >= 0.6 is 0 Å². The third-order valence-corrected chi connectivity index (χ3v) is 7.26. The summed E-state index contributed by atoms with van der Waals surface area (Å²) in [5, 5.41) is 3.04. The van der Waals surface area contributed by atoms with Gasteiger partial charge in [0, 0.05) is 42.4 Å². The van der Waals surface area contributed by atoms with Gasteiger partial charge in [0.05, 0.1) is 12.1 Å². The van der Waals surface area contributed by atoms with Gasteiger partial charge in [-0.05, 0) is 86.0 Å². The van der Waals surface area contributed by atoms with Gasteiger partial charge in [0.1, 0.15) is 22.8 Å². The van der Waals surface area contributed by atoms with Crippen LogP contribution in [0.25, 0.3) is 33.2 Å². The van der Waals surface area contributed by atoms with Crippen LogP contribution in [0.4, 0.5) is 31.1 Å². The van der Waals surface area contributed by atoms with E-state index >= 15 is 0 Å². The first-order valence-corrected chi connectivity index (χ1v) is 14.2. The quantitative estimate of drug-likeness (QED) is 0.223. The molecule has 4 aromatic rings. The number of alkyl halides is 5. The maximum atomic E-state index is 14.5. The van der Waals surface area contributed by atoms with Crippen molar-refractivity contribution in [3.63, 3.8) is 0 Å². The molecular weight excluding hydrogens is 602 g/mol. The highest BCUT2D eigenvalue weighted by molar-refractivity contribution is 5.98. The molecule has 1 saturated heterocycles. The molecule has 0 radical (unpaired) electrons. The molecule has 12 heteroatoms. The minimum atomic E-state index is -4.80. The lowest BCUT2D eigenvalue weighted by molar-refractivity contribution is -0.137. The van der Waals surface area contributed by atoms with Crippen LogP contribution in [-0.4, -0.2) is 41.5 Å². The predicted molar refractivity (Wildman–Crippen MR) is 155 cm³/mol. The van der Waals surface area contributed by atoms with Crippen molar-refractivity contribution < 1.29 is 45.1 Å². The van der Waals surface area contributed by atoms with Crippen LogP contribution in [0, 0.1) is 5.82 Å². The second-order valence-corrected chi connectivity index (χ2v) is 12.0. The first kappa shape index (κ1) is 31.9. The van der Waals surface area contributed by atoms with Crippen molar-refractivity contribution in [2.75, 3.05) is 13.1 Å². The molecule has 238 valence electrons. The predicted octanol–water partition coefficient (Wildman–Crippen LogP) is 8.82. The number of carbonyl (C=O) groups is 2. The Balaban J connectivity index is 1.51. The number of amides is 2. The van der Waals surface area contributed by atoms with E-state index in [1.165, 1.54) is 4.90 Å². The number of hydrogen-bond donors (Lipinski definition) is 1. The molecule has 5 rings (SSSR count). The Morgan fingerprint density at radius 1 is 0.911 bits per heavy atom. The van der Waals surface area contributed by atoms with Crippen LogP contribution in [0.3, 0.4) is 0 Å². The Hall–Kier alpha value is -4.48. The minimum Gasteiger partial charge on any atom is -0.459 e. The number of nitrogens with zero attached hydrogens (tertiary/aromatic N) is 1. The fourth-order valence-corrected chi connectivity index (χ4v) is 5.08. The molecule has 0 spiro atoms. The first-order valence-electron chi connectivity index (χ1n) is 14.2. The molecule has 2 amide bonds. The van der Waals surface area contributed by atoms with E-state index in [0.717, 1.165) is 12.1 Å². The van der Waals surface area contributed by atoms with Crippen LogP contribution < -0.4 is 5.32 Å². The third-order valence-electron chi connectivity index (χ3n) is 7.26. The van der Waals surface area contributed by atoms with Crippen LogP contribution in [0.1, 0.15) is 55.3 Å². The van der Waals surface area contributed by atoms with Gasteiger partial charge in [-0.15, -0.1) is 0 Å². The molecule has 1 aromatic heterocycles. The molecule has 2 heterocycles. The van der Waals surface area contributed by atoms with E-state index in [4.69, 9.17) is 9.15 Å². The molecule has 1 fully saturated rings. The van der Waals surface area contributed by atoms with Gasteiger partial charge in [0.15, 0.2) is 0 Å². The number of hydrogen-bond acceptors (Lipinski definition) is 4. The second kappa shape index (κ2) is 11.8. The zero-order chi connectivity index (χ0) is 32.7. The van der Waals surface area contributed by atoms with Crippen molar-refractivity contribution >= 4 is 23.0 Å². The average molecular weight is 633 g/mol. The fraction of sp³-hybridized carbons (Fsp3) is 0.333. The molecule has 6 nitrogen and oxygen atoms in total. The molecule has 1 aliphatic rings. The molecule has 1 N–H and O–H groups in total. The average Bonchev–Trinajstić information content (AvgIpc) is 3.37. The Labute approximate surface area is 254 Å². The van der Waals surface area contributed by atoms with E-state index in [9.17, 15) is 35.9 Å². The number of alkyl carbamates (subject to hydrolysis) is 1. The molecule has 0 saturated carbocycles. The summed E-state index contributed by atoms with van der Waals surface area (Å²) in [5.41, 5.74) is -0.240. The van der Waals surface area contributed by atoms with E-state index in [2.05, 4.69) is 5.32 Å². The van der Waals surface area contributed by atoms with Gasteiger partial charge in [0.25, 0.3) is 11.8 Å². The Bertz CT molecular complexity index is 1730. The largest absolute Gasteiger partial charge is 0.459 e. The van der Waals surface area contributed by atoms with Crippen LogP contribution in [0.5, 0.6) is 0 Å². The Morgan fingerprint density at radius 2 is 1.58 bits per heavy atom. The number of likely N-dealkylation sites (tertiary alicyclic amines) is 1. The monoisotopic (exact) mass is 632 g/mol. The van der Waals surface area contributed by atoms with Crippen LogP contribution in [0.15, 0.2) is 65.1 Å². The molecule has 0 aliphatic carbocycles. The van der Waals surface area contributed by atoms with Gasteiger partial charge in [0.2, 0.25) is 0 Å².